The molecular formula is C15H26O2. The lowest BCUT2D eigenvalue weighted by Gasteiger charge is -2.00. The van der Waals surface area contributed by atoms with Gasteiger partial charge in [-0.25, -0.2) is 0 Å². The first-order valence-corrected chi connectivity index (χ1v) is 7.15. The number of hydrogen-bond donors (Lipinski definition) is 1. The normalized spacial score (nSPS) is 14.2. The Balaban J connectivity index is 1.76. The third-order valence-corrected chi connectivity index (χ3v) is 3.60. The second-order valence-electron chi connectivity index (χ2n) is 5.11. The molecule has 2 nitrogen and oxygen atoms in total. The Kier molecular flexibility index (Phi) is 6.99. The molecule has 0 aromatic rings. The Bertz CT molecular complexity index is 266. The molecule has 0 atom stereocenters. The third-order valence-electron chi connectivity index (χ3n) is 3.60. The van der Waals surface area contributed by atoms with E-state index in [9.17, 15) is 4.79 Å². The Morgan fingerprint density at radius 1 is 1.00 bits per heavy atom. The van der Waals surface area contributed by atoms with E-state index < -0.39 is 5.97 Å². The molecule has 1 N–H and O–H groups in total. The standard InChI is InChI=1S/C15H26O2/c1-2-13-12-14(13)10-8-6-4-3-5-7-9-11-15(16)17/h2-12H2,1H3,(H,16,17). The molecule has 0 aliphatic heterocycles. The fourth-order valence-corrected chi connectivity index (χ4v) is 2.35. The van der Waals surface area contributed by atoms with E-state index in [2.05, 4.69) is 6.92 Å². The van der Waals surface area contributed by atoms with Gasteiger partial charge in [0.2, 0.25) is 0 Å². The van der Waals surface area contributed by atoms with Crippen molar-refractivity contribution in [3.63, 3.8) is 0 Å². The van der Waals surface area contributed by atoms with Gasteiger partial charge in [-0.05, 0) is 32.1 Å². The van der Waals surface area contributed by atoms with Crippen molar-refractivity contribution in [2.75, 3.05) is 0 Å². The van der Waals surface area contributed by atoms with Crippen molar-refractivity contribution < 1.29 is 9.90 Å². The van der Waals surface area contributed by atoms with E-state index in [1.54, 1.807) is 11.1 Å². The van der Waals surface area contributed by atoms with Crippen molar-refractivity contribution in [2.24, 2.45) is 0 Å². The van der Waals surface area contributed by atoms with Gasteiger partial charge in [0.25, 0.3) is 0 Å². The molecule has 2 heteroatoms. The summed E-state index contributed by atoms with van der Waals surface area (Å²) in [6, 6.07) is 0. The van der Waals surface area contributed by atoms with Crippen LogP contribution >= 0.6 is 0 Å². The summed E-state index contributed by atoms with van der Waals surface area (Å²) in [4.78, 5) is 10.3. The van der Waals surface area contributed by atoms with Crippen LogP contribution in [0.5, 0.6) is 0 Å². The molecule has 17 heavy (non-hydrogen) atoms. The fourth-order valence-electron chi connectivity index (χ4n) is 2.35. The molecular weight excluding hydrogens is 212 g/mol. The minimum atomic E-state index is -0.658. The average molecular weight is 238 g/mol. The monoisotopic (exact) mass is 238 g/mol. The van der Waals surface area contributed by atoms with E-state index in [4.69, 9.17) is 5.11 Å². The summed E-state index contributed by atoms with van der Waals surface area (Å²) in [7, 11) is 0. The Morgan fingerprint density at radius 2 is 1.59 bits per heavy atom. The zero-order valence-electron chi connectivity index (χ0n) is 11.1. The molecule has 98 valence electrons. The average Bonchev–Trinajstić information content (AvgIpc) is 3.05. The highest BCUT2D eigenvalue weighted by atomic mass is 16.4. The predicted octanol–water partition coefficient (Wildman–Crippen LogP) is 4.69. The highest BCUT2D eigenvalue weighted by Gasteiger charge is 2.17. The lowest BCUT2D eigenvalue weighted by molar-refractivity contribution is -0.137. The number of hydrogen-bond acceptors (Lipinski definition) is 1. The van der Waals surface area contributed by atoms with Crippen molar-refractivity contribution in [3.05, 3.63) is 11.1 Å². The number of aliphatic carboxylic acids is 1. The second kappa shape index (κ2) is 8.32. The molecule has 0 bridgehead atoms. The summed E-state index contributed by atoms with van der Waals surface area (Å²) >= 11 is 0. The van der Waals surface area contributed by atoms with Crippen molar-refractivity contribution in [1.29, 1.82) is 0 Å². The van der Waals surface area contributed by atoms with Crippen LogP contribution < -0.4 is 0 Å². The maximum Gasteiger partial charge on any atom is 0.303 e. The second-order valence-corrected chi connectivity index (χ2v) is 5.11. The van der Waals surface area contributed by atoms with Gasteiger partial charge in [0.15, 0.2) is 0 Å². The van der Waals surface area contributed by atoms with Gasteiger partial charge in [0.1, 0.15) is 0 Å². The maximum absolute atomic E-state index is 10.3. The van der Waals surface area contributed by atoms with Gasteiger partial charge in [-0.2, -0.15) is 0 Å². The molecule has 0 aromatic heterocycles. The Hall–Kier alpha value is -0.790. The lowest BCUT2D eigenvalue weighted by atomic mass is 10.1. The molecule has 0 aromatic carbocycles. The lowest BCUT2D eigenvalue weighted by Crippen LogP contribution is -1.93. The number of carboxylic acid groups (broad SMARTS) is 1. The van der Waals surface area contributed by atoms with E-state index in [-0.39, 0.29) is 0 Å². The largest absolute Gasteiger partial charge is 0.481 e. The first-order chi connectivity index (χ1) is 8.24. The van der Waals surface area contributed by atoms with Crippen LogP contribution in [0.15, 0.2) is 11.1 Å². The van der Waals surface area contributed by atoms with Crippen LogP contribution in [0, 0.1) is 0 Å². The predicted molar refractivity (Wildman–Crippen MR) is 71.1 cm³/mol. The van der Waals surface area contributed by atoms with Gasteiger partial charge < -0.3 is 5.11 Å². The zero-order chi connectivity index (χ0) is 12.5. The van der Waals surface area contributed by atoms with Crippen LogP contribution in [0.4, 0.5) is 0 Å². The van der Waals surface area contributed by atoms with Gasteiger partial charge in [-0.1, -0.05) is 50.2 Å². The molecule has 1 aliphatic carbocycles. The van der Waals surface area contributed by atoms with Crippen molar-refractivity contribution in [3.8, 4) is 0 Å². The number of rotatable bonds is 11. The minimum Gasteiger partial charge on any atom is -0.481 e. The van der Waals surface area contributed by atoms with Gasteiger partial charge in [0, 0.05) is 6.42 Å². The molecule has 0 saturated heterocycles. The first-order valence-electron chi connectivity index (χ1n) is 7.15. The summed E-state index contributed by atoms with van der Waals surface area (Å²) in [6.07, 6.45) is 12.7. The van der Waals surface area contributed by atoms with E-state index >= 15 is 0 Å². The third kappa shape index (κ3) is 7.19. The summed E-state index contributed by atoms with van der Waals surface area (Å²) < 4.78 is 0. The number of carbonyl (C=O) groups is 1. The van der Waals surface area contributed by atoms with E-state index in [1.807, 2.05) is 0 Å². The topological polar surface area (TPSA) is 37.3 Å². The summed E-state index contributed by atoms with van der Waals surface area (Å²) in [5, 5.41) is 8.48. The molecule has 0 fully saturated rings. The number of allylic oxidation sites excluding steroid dienone is 2. The SMILES string of the molecule is CCC1=C(CCCCCCCCCC(=O)O)C1. The molecule has 0 saturated carbocycles. The zero-order valence-corrected chi connectivity index (χ0v) is 11.1. The highest BCUT2D eigenvalue weighted by molar-refractivity contribution is 5.66. The van der Waals surface area contributed by atoms with Gasteiger partial charge in [0.05, 0.1) is 0 Å². The summed E-state index contributed by atoms with van der Waals surface area (Å²) in [6.45, 7) is 2.25. The summed E-state index contributed by atoms with van der Waals surface area (Å²) in [5.41, 5.74) is 3.44. The van der Waals surface area contributed by atoms with Gasteiger partial charge in [-0.3, -0.25) is 4.79 Å². The number of carboxylic acids is 1. The molecule has 0 heterocycles. The van der Waals surface area contributed by atoms with Crippen LogP contribution in [0.1, 0.15) is 77.6 Å². The maximum atomic E-state index is 10.3. The molecule has 1 rings (SSSR count). The van der Waals surface area contributed by atoms with E-state index in [1.165, 1.54) is 51.4 Å². The molecule has 1 aliphatic rings. The quantitative estimate of drug-likeness (QED) is 0.419. The van der Waals surface area contributed by atoms with Crippen LogP contribution in [0.3, 0.4) is 0 Å². The van der Waals surface area contributed by atoms with E-state index in [0.717, 1.165) is 12.8 Å². The molecule has 0 spiro atoms. The van der Waals surface area contributed by atoms with Gasteiger partial charge >= 0.3 is 5.97 Å². The molecule has 0 amide bonds. The van der Waals surface area contributed by atoms with Crippen LogP contribution in [0.2, 0.25) is 0 Å². The van der Waals surface area contributed by atoms with Crippen molar-refractivity contribution in [1.82, 2.24) is 0 Å². The Labute approximate surface area is 105 Å². The van der Waals surface area contributed by atoms with Crippen molar-refractivity contribution in [2.45, 2.75) is 77.6 Å². The minimum absolute atomic E-state index is 0.341. The first kappa shape index (κ1) is 14.3. The molecule has 0 unspecified atom stereocenters. The van der Waals surface area contributed by atoms with E-state index in [0.29, 0.717) is 6.42 Å². The van der Waals surface area contributed by atoms with Crippen LogP contribution in [0.25, 0.3) is 0 Å². The Morgan fingerprint density at radius 3 is 2.12 bits per heavy atom. The fraction of sp³-hybridized carbons (Fsp3) is 0.800. The van der Waals surface area contributed by atoms with Crippen molar-refractivity contribution >= 4 is 5.97 Å². The van der Waals surface area contributed by atoms with Gasteiger partial charge in [-0.15, -0.1) is 0 Å². The smallest absolute Gasteiger partial charge is 0.303 e. The molecule has 0 radical (unpaired) electrons. The number of unbranched alkanes of at least 4 members (excludes halogenated alkanes) is 6. The van der Waals surface area contributed by atoms with Crippen LogP contribution in [-0.2, 0) is 4.79 Å². The summed E-state index contributed by atoms with van der Waals surface area (Å²) in [5.74, 6) is -0.658. The highest BCUT2D eigenvalue weighted by Crippen LogP contribution is 2.37. The van der Waals surface area contributed by atoms with Crippen LogP contribution in [-0.4, -0.2) is 11.1 Å².